The number of benzene rings is 2. The molecule has 2 aromatic carbocycles. The summed E-state index contributed by atoms with van der Waals surface area (Å²) in [6.45, 7) is 1.89. The Bertz CT molecular complexity index is 1160. The van der Waals surface area contributed by atoms with Crippen LogP contribution in [-0.2, 0) is 4.74 Å². The minimum atomic E-state index is -0.277. The first kappa shape index (κ1) is 20.9. The van der Waals surface area contributed by atoms with Crippen molar-refractivity contribution in [1.29, 1.82) is 5.26 Å². The van der Waals surface area contributed by atoms with E-state index < -0.39 is 0 Å². The van der Waals surface area contributed by atoms with E-state index in [1.54, 1.807) is 18.3 Å². The fraction of sp³-hybridized carbons (Fsp3) is 0.280. The second-order valence-corrected chi connectivity index (χ2v) is 8.22. The summed E-state index contributed by atoms with van der Waals surface area (Å²) < 4.78 is 5.93. The van der Waals surface area contributed by atoms with Gasteiger partial charge in [-0.3, -0.25) is 4.79 Å². The van der Waals surface area contributed by atoms with E-state index in [0.717, 1.165) is 42.9 Å². The number of amides is 1. The minimum Gasteiger partial charge on any atom is -0.371 e. The monoisotopic (exact) mass is 440 g/mol. The SMILES string of the molecule is N#CCNC(=O)c1ccc(-c2ccnc(Nc3ccc(N4CC5CCC(C4)O5)cc3)n2)cc1. The molecular formula is C25H24N6O2. The molecule has 8 heteroatoms. The van der Waals surface area contributed by atoms with Crippen LogP contribution in [0.5, 0.6) is 0 Å². The summed E-state index contributed by atoms with van der Waals surface area (Å²) in [6.07, 6.45) is 4.74. The quantitative estimate of drug-likeness (QED) is 0.566. The van der Waals surface area contributed by atoms with Crippen LogP contribution in [0.4, 0.5) is 17.3 Å². The number of carbonyl (C=O) groups is 1. The lowest BCUT2D eigenvalue weighted by atomic mass is 10.1. The van der Waals surface area contributed by atoms with Gasteiger partial charge in [-0.1, -0.05) is 12.1 Å². The summed E-state index contributed by atoms with van der Waals surface area (Å²) in [5.41, 5.74) is 4.23. The van der Waals surface area contributed by atoms with E-state index in [0.29, 0.717) is 23.7 Å². The van der Waals surface area contributed by atoms with Gasteiger partial charge in [-0.2, -0.15) is 5.26 Å². The Morgan fingerprint density at radius 2 is 1.79 bits per heavy atom. The van der Waals surface area contributed by atoms with Gasteiger partial charge in [0.1, 0.15) is 6.54 Å². The van der Waals surface area contributed by atoms with Crippen LogP contribution < -0.4 is 15.5 Å². The molecule has 2 saturated heterocycles. The maximum atomic E-state index is 12.0. The first-order valence-electron chi connectivity index (χ1n) is 11.0. The number of carbonyl (C=O) groups excluding carboxylic acids is 1. The summed E-state index contributed by atoms with van der Waals surface area (Å²) in [6, 6.07) is 19.1. The Kier molecular flexibility index (Phi) is 5.87. The van der Waals surface area contributed by atoms with Crippen molar-refractivity contribution in [2.45, 2.75) is 25.0 Å². The lowest BCUT2D eigenvalue weighted by molar-refractivity contribution is 0.0305. The summed E-state index contributed by atoms with van der Waals surface area (Å²) >= 11 is 0. The second kappa shape index (κ2) is 9.27. The standard InChI is InChI=1S/C25H24N6O2/c26-12-14-27-24(32)18-3-1-17(2-4-18)23-11-13-28-25(30-23)29-19-5-7-20(8-6-19)31-15-21-9-10-22(16-31)33-21/h1-8,11,13,21-22H,9-10,14-16H2,(H,27,32)(H,28,29,30). The van der Waals surface area contributed by atoms with Gasteiger partial charge in [-0.05, 0) is 55.3 Å². The predicted molar refractivity (Wildman–Crippen MR) is 125 cm³/mol. The highest BCUT2D eigenvalue weighted by atomic mass is 16.5. The van der Waals surface area contributed by atoms with Crippen LogP contribution >= 0.6 is 0 Å². The van der Waals surface area contributed by atoms with Gasteiger partial charge < -0.3 is 20.3 Å². The maximum absolute atomic E-state index is 12.0. The van der Waals surface area contributed by atoms with E-state index in [2.05, 4.69) is 37.6 Å². The number of hydrogen-bond donors (Lipinski definition) is 2. The molecule has 2 bridgehead atoms. The molecule has 2 fully saturated rings. The molecule has 2 N–H and O–H groups in total. The van der Waals surface area contributed by atoms with Crippen molar-refractivity contribution in [1.82, 2.24) is 15.3 Å². The fourth-order valence-electron chi connectivity index (χ4n) is 4.30. The Balaban J connectivity index is 1.25. The zero-order valence-electron chi connectivity index (χ0n) is 18.1. The van der Waals surface area contributed by atoms with Gasteiger partial charge in [0.05, 0.1) is 24.0 Å². The number of morpholine rings is 1. The number of nitrogens with one attached hydrogen (secondary N) is 2. The largest absolute Gasteiger partial charge is 0.371 e. The second-order valence-electron chi connectivity index (χ2n) is 8.22. The molecule has 1 amide bonds. The van der Waals surface area contributed by atoms with E-state index >= 15 is 0 Å². The minimum absolute atomic E-state index is 0.0179. The molecule has 1 aromatic heterocycles. The molecule has 3 aromatic rings. The van der Waals surface area contributed by atoms with Crippen molar-refractivity contribution in [3.63, 3.8) is 0 Å². The van der Waals surface area contributed by atoms with Gasteiger partial charge >= 0.3 is 0 Å². The number of fused-ring (bicyclic) bond motifs is 2. The van der Waals surface area contributed by atoms with Crippen LogP contribution in [0, 0.1) is 11.3 Å². The average Bonchev–Trinajstić information content (AvgIpc) is 3.20. The fourth-order valence-corrected chi connectivity index (χ4v) is 4.30. The Morgan fingerprint density at radius 3 is 2.48 bits per heavy atom. The maximum Gasteiger partial charge on any atom is 0.252 e. The molecular weight excluding hydrogens is 416 g/mol. The molecule has 0 radical (unpaired) electrons. The number of aromatic nitrogens is 2. The van der Waals surface area contributed by atoms with Crippen LogP contribution in [0.2, 0.25) is 0 Å². The number of anilines is 3. The molecule has 2 aliphatic heterocycles. The molecule has 8 nitrogen and oxygen atoms in total. The third-order valence-corrected chi connectivity index (χ3v) is 5.96. The molecule has 166 valence electrons. The van der Waals surface area contributed by atoms with Crippen LogP contribution in [0.15, 0.2) is 60.8 Å². The van der Waals surface area contributed by atoms with Gasteiger partial charge in [0.15, 0.2) is 0 Å². The highest BCUT2D eigenvalue weighted by molar-refractivity contribution is 5.94. The zero-order valence-corrected chi connectivity index (χ0v) is 18.1. The highest BCUT2D eigenvalue weighted by Crippen LogP contribution is 2.30. The van der Waals surface area contributed by atoms with E-state index in [-0.39, 0.29) is 12.5 Å². The molecule has 2 atom stereocenters. The average molecular weight is 441 g/mol. The lowest BCUT2D eigenvalue weighted by Gasteiger charge is -2.33. The summed E-state index contributed by atoms with van der Waals surface area (Å²) in [5, 5.41) is 14.4. The normalized spacial score (nSPS) is 19.1. The lowest BCUT2D eigenvalue weighted by Crippen LogP contribution is -2.42. The van der Waals surface area contributed by atoms with Crippen LogP contribution in [-0.4, -0.2) is 47.7 Å². The van der Waals surface area contributed by atoms with E-state index in [1.807, 2.05) is 36.4 Å². The van der Waals surface area contributed by atoms with Gasteiger partial charge in [0.2, 0.25) is 5.95 Å². The van der Waals surface area contributed by atoms with Gasteiger partial charge in [-0.15, -0.1) is 0 Å². The molecule has 3 heterocycles. The number of hydrogen-bond acceptors (Lipinski definition) is 7. The van der Waals surface area contributed by atoms with Crippen LogP contribution in [0.1, 0.15) is 23.2 Å². The first-order chi connectivity index (χ1) is 16.2. The molecule has 2 aliphatic rings. The molecule has 0 aliphatic carbocycles. The van der Waals surface area contributed by atoms with Crippen molar-refractivity contribution < 1.29 is 9.53 Å². The Labute approximate surface area is 192 Å². The number of rotatable bonds is 6. The van der Waals surface area contributed by atoms with E-state index in [4.69, 9.17) is 10.00 Å². The Hall–Kier alpha value is -3.96. The first-order valence-corrected chi connectivity index (χ1v) is 11.0. The molecule has 2 unspecified atom stereocenters. The third kappa shape index (κ3) is 4.78. The van der Waals surface area contributed by atoms with Crippen LogP contribution in [0.25, 0.3) is 11.3 Å². The topological polar surface area (TPSA) is 103 Å². The van der Waals surface area contributed by atoms with E-state index in [9.17, 15) is 4.79 Å². The molecule has 0 saturated carbocycles. The summed E-state index contributed by atoms with van der Waals surface area (Å²) in [5.74, 6) is 0.224. The number of nitrogens with zero attached hydrogens (tertiary/aromatic N) is 4. The van der Waals surface area contributed by atoms with E-state index in [1.165, 1.54) is 5.69 Å². The van der Waals surface area contributed by atoms with Gasteiger partial charge in [0, 0.05) is 41.8 Å². The number of ether oxygens (including phenoxy) is 1. The van der Waals surface area contributed by atoms with Crippen molar-refractivity contribution in [3.8, 4) is 17.3 Å². The molecule has 5 rings (SSSR count). The van der Waals surface area contributed by atoms with Crippen molar-refractivity contribution in [2.75, 3.05) is 29.9 Å². The van der Waals surface area contributed by atoms with Crippen molar-refractivity contribution in [2.24, 2.45) is 0 Å². The Morgan fingerprint density at radius 1 is 1.06 bits per heavy atom. The molecule has 0 spiro atoms. The third-order valence-electron chi connectivity index (χ3n) is 5.96. The van der Waals surface area contributed by atoms with Gasteiger partial charge in [-0.25, -0.2) is 9.97 Å². The number of nitriles is 1. The summed E-state index contributed by atoms with van der Waals surface area (Å²) in [4.78, 5) is 23.3. The highest BCUT2D eigenvalue weighted by Gasteiger charge is 2.33. The van der Waals surface area contributed by atoms with Crippen molar-refractivity contribution in [3.05, 3.63) is 66.4 Å². The smallest absolute Gasteiger partial charge is 0.252 e. The predicted octanol–water partition coefficient (Wildman–Crippen LogP) is 3.51. The zero-order chi connectivity index (χ0) is 22.6. The van der Waals surface area contributed by atoms with Crippen molar-refractivity contribution >= 4 is 23.2 Å². The molecule has 33 heavy (non-hydrogen) atoms. The summed E-state index contributed by atoms with van der Waals surface area (Å²) in [7, 11) is 0. The van der Waals surface area contributed by atoms with Gasteiger partial charge in [0.25, 0.3) is 5.91 Å². The van der Waals surface area contributed by atoms with Crippen LogP contribution in [0.3, 0.4) is 0 Å².